The number of nitrogens with zero attached hydrogens (tertiary/aromatic N) is 2. The molecule has 0 radical (unpaired) electrons. The second kappa shape index (κ2) is 5.31. The monoisotopic (exact) mass is 236 g/mol. The van der Waals surface area contributed by atoms with E-state index in [0.29, 0.717) is 6.54 Å². The van der Waals surface area contributed by atoms with E-state index < -0.39 is 0 Å². The lowest BCUT2D eigenvalue weighted by Gasteiger charge is -2.10. The summed E-state index contributed by atoms with van der Waals surface area (Å²) >= 11 is 0. The van der Waals surface area contributed by atoms with Crippen LogP contribution in [0.5, 0.6) is 0 Å². The number of aryl methyl sites for hydroxylation is 1. The van der Waals surface area contributed by atoms with Crippen molar-refractivity contribution in [1.82, 2.24) is 15.1 Å². The standard InChI is InChI=1S/C12H20N4O/c1-16-8-9(7-15-16)4-5-14-12(17)10-2-3-11(13)6-10/h7-8,10-11H,2-6,13H2,1H3,(H,14,17). The third-order valence-corrected chi connectivity index (χ3v) is 3.32. The molecule has 1 aromatic heterocycles. The van der Waals surface area contributed by atoms with Gasteiger partial charge in [0.05, 0.1) is 6.20 Å². The number of carbonyl (C=O) groups is 1. The minimum absolute atomic E-state index is 0.124. The summed E-state index contributed by atoms with van der Waals surface area (Å²) < 4.78 is 1.77. The predicted octanol–water partition coefficient (Wildman–Crippen LogP) is 0.206. The quantitative estimate of drug-likeness (QED) is 0.784. The first-order valence-electron chi connectivity index (χ1n) is 6.16. The minimum Gasteiger partial charge on any atom is -0.356 e. The Morgan fingerprint density at radius 3 is 3.06 bits per heavy atom. The van der Waals surface area contributed by atoms with E-state index in [4.69, 9.17) is 5.73 Å². The lowest BCUT2D eigenvalue weighted by atomic mass is 10.1. The molecule has 1 aliphatic rings. The molecule has 2 atom stereocenters. The number of carbonyl (C=O) groups excluding carboxylic acids is 1. The third-order valence-electron chi connectivity index (χ3n) is 3.32. The Bertz CT molecular complexity index is 388. The van der Waals surface area contributed by atoms with Crippen LogP contribution >= 0.6 is 0 Å². The van der Waals surface area contributed by atoms with Gasteiger partial charge in [0.15, 0.2) is 0 Å². The van der Waals surface area contributed by atoms with E-state index in [2.05, 4.69) is 10.4 Å². The molecule has 0 saturated heterocycles. The molecule has 1 heterocycles. The van der Waals surface area contributed by atoms with Gasteiger partial charge in [-0.15, -0.1) is 0 Å². The van der Waals surface area contributed by atoms with Gasteiger partial charge >= 0.3 is 0 Å². The van der Waals surface area contributed by atoms with Crippen molar-refractivity contribution in [3.05, 3.63) is 18.0 Å². The van der Waals surface area contributed by atoms with Gasteiger partial charge in [-0.3, -0.25) is 9.48 Å². The Morgan fingerprint density at radius 2 is 2.47 bits per heavy atom. The Morgan fingerprint density at radius 1 is 1.65 bits per heavy atom. The summed E-state index contributed by atoms with van der Waals surface area (Å²) in [6.45, 7) is 0.677. The van der Waals surface area contributed by atoms with Crippen molar-refractivity contribution in [2.24, 2.45) is 18.7 Å². The first-order chi connectivity index (χ1) is 8.15. The number of hydrogen-bond acceptors (Lipinski definition) is 3. The fraction of sp³-hybridized carbons (Fsp3) is 0.667. The van der Waals surface area contributed by atoms with Gasteiger partial charge in [0.2, 0.25) is 5.91 Å². The zero-order chi connectivity index (χ0) is 12.3. The van der Waals surface area contributed by atoms with Crippen LogP contribution in [0.25, 0.3) is 0 Å². The van der Waals surface area contributed by atoms with E-state index in [1.165, 1.54) is 0 Å². The van der Waals surface area contributed by atoms with Crippen LogP contribution in [0.1, 0.15) is 24.8 Å². The Balaban J connectivity index is 1.70. The van der Waals surface area contributed by atoms with E-state index in [1.54, 1.807) is 4.68 Å². The summed E-state index contributed by atoms with van der Waals surface area (Å²) in [4.78, 5) is 11.8. The average Bonchev–Trinajstić information content (AvgIpc) is 2.88. The maximum atomic E-state index is 11.8. The molecule has 3 N–H and O–H groups in total. The third kappa shape index (κ3) is 3.30. The summed E-state index contributed by atoms with van der Waals surface area (Å²) in [5.74, 6) is 0.278. The van der Waals surface area contributed by atoms with Crippen LogP contribution in [0.2, 0.25) is 0 Å². The Labute approximate surface area is 101 Å². The molecule has 1 saturated carbocycles. The van der Waals surface area contributed by atoms with Gasteiger partial charge in [-0.1, -0.05) is 0 Å². The molecule has 0 bridgehead atoms. The molecule has 0 aromatic carbocycles. The van der Waals surface area contributed by atoms with Gasteiger partial charge in [0, 0.05) is 31.7 Å². The van der Waals surface area contributed by atoms with Crippen LogP contribution in [0, 0.1) is 5.92 Å². The first-order valence-corrected chi connectivity index (χ1v) is 6.16. The molecule has 1 fully saturated rings. The second-order valence-electron chi connectivity index (χ2n) is 4.83. The number of nitrogens with one attached hydrogen (secondary N) is 1. The minimum atomic E-state index is 0.124. The molecule has 1 aromatic rings. The van der Waals surface area contributed by atoms with E-state index in [-0.39, 0.29) is 17.9 Å². The summed E-state index contributed by atoms with van der Waals surface area (Å²) in [7, 11) is 1.89. The molecular weight excluding hydrogens is 216 g/mol. The van der Waals surface area contributed by atoms with Gasteiger partial charge in [-0.25, -0.2) is 0 Å². The molecule has 0 aliphatic heterocycles. The number of rotatable bonds is 4. The Kier molecular flexibility index (Phi) is 3.78. The predicted molar refractivity (Wildman–Crippen MR) is 65.2 cm³/mol. The van der Waals surface area contributed by atoms with Crippen LogP contribution in [0.15, 0.2) is 12.4 Å². The molecule has 1 aliphatic carbocycles. The van der Waals surface area contributed by atoms with E-state index in [1.807, 2.05) is 19.4 Å². The van der Waals surface area contributed by atoms with Crippen molar-refractivity contribution < 1.29 is 4.79 Å². The van der Waals surface area contributed by atoms with Gasteiger partial charge < -0.3 is 11.1 Å². The SMILES string of the molecule is Cn1cc(CCNC(=O)C2CCC(N)C2)cn1. The first kappa shape index (κ1) is 12.1. The van der Waals surface area contributed by atoms with Crippen molar-refractivity contribution in [3.8, 4) is 0 Å². The molecule has 17 heavy (non-hydrogen) atoms. The lowest BCUT2D eigenvalue weighted by Crippen LogP contribution is -2.31. The molecule has 94 valence electrons. The maximum absolute atomic E-state index is 11.8. The number of hydrogen-bond donors (Lipinski definition) is 2. The van der Waals surface area contributed by atoms with Crippen LogP contribution in [0.3, 0.4) is 0 Å². The molecule has 2 rings (SSSR count). The van der Waals surface area contributed by atoms with Crippen molar-refractivity contribution in [3.63, 3.8) is 0 Å². The normalized spacial score (nSPS) is 23.9. The molecule has 2 unspecified atom stereocenters. The topological polar surface area (TPSA) is 72.9 Å². The van der Waals surface area contributed by atoms with E-state index in [9.17, 15) is 4.79 Å². The highest BCUT2D eigenvalue weighted by Crippen LogP contribution is 2.23. The fourth-order valence-corrected chi connectivity index (χ4v) is 2.33. The van der Waals surface area contributed by atoms with Crippen LogP contribution < -0.4 is 11.1 Å². The van der Waals surface area contributed by atoms with E-state index >= 15 is 0 Å². The van der Waals surface area contributed by atoms with Crippen molar-refractivity contribution >= 4 is 5.91 Å². The summed E-state index contributed by atoms with van der Waals surface area (Å²) in [5.41, 5.74) is 6.94. The highest BCUT2D eigenvalue weighted by molar-refractivity contribution is 5.78. The largest absolute Gasteiger partial charge is 0.356 e. The zero-order valence-electron chi connectivity index (χ0n) is 10.2. The molecule has 1 amide bonds. The average molecular weight is 236 g/mol. The van der Waals surface area contributed by atoms with Crippen molar-refractivity contribution in [2.45, 2.75) is 31.7 Å². The maximum Gasteiger partial charge on any atom is 0.223 e. The van der Waals surface area contributed by atoms with Crippen molar-refractivity contribution in [2.75, 3.05) is 6.54 Å². The van der Waals surface area contributed by atoms with Gasteiger partial charge in [-0.05, 0) is 31.2 Å². The van der Waals surface area contributed by atoms with E-state index in [0.717, 1.165) is 31.2 Å². The van der Waals surface area contributed by atoms with Crippen LogP contribution in [0.4, 0.5) is 0 Å². The number of nitrogens with two attached hydrogens (primary N) is 1. The van der Waals surface area contributed by atoms with Gasteiger partial charge in [0.25, 0.3) is 0 Å². The highest BCUT2D eigenvalue weighted by atomic mass is 16.1. The van der Waals surface area contributed by atoms with Crippen LogP contribution in [-0.2, 0) is 18.3 Å². The molecule has 5 heteroatoms. The number of aromatic nitrogens is 2. The summed E-state index contributed by atoms with van der Waals surface area (Å²) in [6, 6.07) is 0.212. The number of amides is 1. The molecular formula is C12H20N4O. The lowest BCUT2D eigenvalue weighted by molar-refractivity contribution is -0.124. The van der Waals surface area contributed by atoms with Gasteiger partial charge in [0.1, 0.15) is 0 Å². The summed E-state index contributed by atoms with van der Waals surface area (Å²) in [5, 5.41) is 7.06. The Hall–Kier alpha value is -1.36. The zero-order valence-corrected chi connectivity index (χ0v) is 10.2. The summed E-state index contributed by atoms with van der Waals surface area (Å²) in [6.07, 6.45) is 7.37. The van der Waals surface area contributed by atoms with Crippen molar-refractivity contribution in [1.29, 1.82) is 0 Å². The fourth-order valence-electron chi connectivity index (χ4n) is 2.33. The smallest absolute Gasteiger partial charge is 0.223 e. The molecule has 0 spiro atoms. The second-order valence-corrected chi connectivity index (χ2v) is 4.83. The van der Waals surface area contributed by atoms with Gasteiger partial charge in [-0.2, -0.15) is 5.10 Å². The van der Waals surface area contributed by atoms with Crippen LogP contribution in [-0.4, -0.2) is 28.3 Å². The highest BCUT2D eigenvalue weighted by Gasteiger charge is 2.27. The molecule has 5 nitrogen and oxygen atoms in total.